The number of H-pyrrole nitrogens is 1. The molecule has 2 heteroatoms. The number of aromatic nitrogens is 2. The molecule has 0 atom stereocenters. The lowest BCUT2D eigenvalue weighted by molar-refractivity contribution is 1.31. The van der Waals surface area contributed by atoms with Crippen LogP contribution in [0.15, 0.2) is 43.0 Å². The van der Waals surface area contributed by atoms with Crippen LogP contribution in [0.25, 0.3) is 0 Å². The van der Waals surface area contributed by atoms with Gasteiger partial charge in [0.2, 0.25) is 0 Å². The van der Waals surface area contributed by atoms with Crippen molar-refractivity contribution in [2.75, 3.05) is 0 Å². The summed E-state index contributed by atoms with van der Waals surface area (Å²) in [6.45, 7) is 4.19. The number of aromatic amines is 1. The molecule has 13 heavy (non-hydrogen) atoms. The van der Waals surface area contributed by atoms with E-state index in [1.807, 2.05) is 0 Å². The van der Waals surface area contributed by atoms with Crippen LogP contribution in [0.4, 0.5) is 0 Å². The molecule has 2 aromatic rings. The van der Waals surface area contributed by atoms with Crippen molar-refractivity contribution >= 4 is 0 Å². The molecule has 0 amide bonds. The first-order valence-corrected chi connectivity index (χ1v) is 4.25. The highest BCUT2D eigenvalue weighted by molar-refractivity contribution is 5.19. The Labute approximate surface area is 78.7 Å². The van der Waals surface area contributed by atoms with E-state index in [2.05, 4.69) is 48.1 Å². The first kappa shape index (κ1) is 9.52. The summed E-state index contributed by atoms with van der Waals surface area (Å²) in [5.74, 6) is 0. The van der Waals surface area contributed by atoms with E-state index in [-0.39, 0.29) is 0 Å². The maximum atomic E-state index is 3.67. The second-order valence-corrected chi connectivity index (χ2v) is 2.92. The van der Waals surface area contributed by atoms with Crippen molar-refractivity contribution in [2.24, 2.45) is 0 Å². The van der Waals surface area contributed by atoms with E-state index in [9.17, 15) is 0 Å². The van der Waals surface area contributed by atoms with Crippen LogP contribution in [0.1, 0.15) is 11.1 Å². The number of rotatable bonds is 0. The molecule has 1 aromatic heterocycles. The number of benzene rings is 1. The van der Waals surface area contributed by atoms with E-state index in [1.54, 1.807) is 18.7 Å². The van der Waals surface area contributed by atoms with Crippen molar-refractivity contribution in [3.63, 3.8) is 0 Å². The van der Waals surface area contributed by atoms with Crippen molar-refractivity contribution in [1.29, 1.82) is 0 Å². The Morgan fingerprint density at radius 2 is 1.54 bits per heavy atom. The van der Waals surface area contributed by atoms with E-state index in [4.69, 9.17) is 0 Å². The summed E-state index contributed by atoms with van der Waals surface area (Å²) in [7, 11) is 0. The third-order valence-electron chi connectivity index (χ3n) is 1.62. The molecule has 0 fully saturated rings. The molecule has 1 heterocycles. The van der Waals surface area contributed by atoms with Gasteiger partial charge >= 0.3 is 0 Å². The van der Waals surface area contributed by atoms with Crippen molar-refractivity contribution in [3.8, 4) is 0 Å². The predicted octanol–water partition coefficient (Wildman–Crippen LogP) is 2.71. The van der Waals surface area contributed by atoms with Gasteiger partial charge < -0.3 is 4.98 Å². The second-order valence-electron chi connectivity index (χ2n) is 2.92. The van der Waals surface area contributed by atoms with Crippen LogP contribution in [-0.2, 0) is 0 Å². The molecule has 2 nitrogen and oxygen atoms in total. The number of hydrogen-bond acceptors (Lipinski definition) is 1. The molecule has 68 valence electrons. The lowest BCUT2D eigenvalue weighted by atomic mass is 10.2. The first-order chi connectivity index (χ1) is 6.29. The maximum Gasteiger partial charge on any atom is 0.0919 e. The van der Waals surface area contributed by atoms with Gasteiger partial charge in [-0.2, -0.15) is 0 Å². The van der Waals surface area contributed by atoms with E-state index >= 15 is 0 Å². The van der Waals surface area contributed by atoms with Crippen LogP contribution in [-0.4, -0.2) is 9.97 Å². The normalized spacial score (nSPS) is 8.77. The third-order valence-corrected chi connectivity index (χ3v) is 1.62. The number of nitrogens with zero attached hydrogens (tertiary/aromatic N) is 1. The van der Waals surface area contributed by atoms with Gasteiger partial charge in [0.05, 0.1) is 6.33 Å². The summed E-state index contributed by atoms with van der Waals surface area (Å²) in [5, 5.41) is 0. The predicted molar refractivity (Wildman–Crippen MR) is 54.5 cm³/mol. The first-order valence-electron chi connectivity index (χ1n) is 4.25. The van der Waals surface area contributed by atoms with Crippen molar-refractivity contribution in [3.05, 3.63) is 54.1 Å². The molecule has 0 bridgehead atoms. The van der Waals surface area contributed by atoms with Crippen molar-refractivity contribution < 1.29 is 0 Å². The summed E-state index contributed by atoms with van der Waals surface area (Å²) in [4.78, 5) is 6.42. The summed E-state index contributed by atoms with van der Waals surface area (Å²) in [6.07, 6.45) is 5.08. The Bertz CT molecular complexity index is 270. The highest BCUT2D eigenvalue weighted by Crippen LogP contribution is 1.99. The van der Waals surface area contributed by atoms with Gasteiger partial charge in [0.1, 0.15) is 0 Å². The van der Waals surface area contributed by atoms with Crippen LogP contribution in [0.3, 0.4) is 0 Å². The van der Waals surface area contributed by atoms with Gasteiger partial charge in [-0.05, 0) is 13.8 Å². The zero-order valence-corrected chi connectivity index (χ0v) is 7.99. The zero-order chi connectivity index (χ0) is 9.52. The highest BCUT2D eigenvalue weighted by Gasteiger charge is 1.79. The number of imidazole rings is 1. The van der Waals surface area contributed by atoms with Crippen molar-refractivity contribution in [2.45, 2.75) is 13.8 Å². The van der Waals surface area contributed by atoms with E-state index in [1.165, 1.54) is 11.1 Å². The fourth-order valence-electron chi connectivity index (χ4n) is 0.852. The molecule has 0 aliphatic heterocycles. The minimum Gasteiger partial charge on any atom is -0.351 e. The van der Waals surface area contributed by atoms with Gasteiger partial charge in [0, 0.05) is 12.4 Å². The molecule has 2 rings (SSSR count). The maximum absolute atomic E-state index is 3.67. The van der Waals surface area contributed by atoms with Gasteiger partial charge in [0.15, 0.2) is 0 Å². The average Bonchev–Trinajstić information content (AvgIpc) is 2.68. The fourth-order valence-corrected chi connectivity index (χ4v) is 0.852. The van der Waals surface area contributed by atoms with Crippen LogP contribution in [0.2, 0.25) is 0 Å². The number of aryl methyl sites for hydroxylation is 2. The largest absolute Gasteiger partial charge is 0.351 e. The minimum absolute atomic E-state index is 1.33. The Balaban J connectivity index is 0.000000145. The molecule has 0 saturated carbocycles. The van der Waals surface area contributed by atoms with Gasteiger partial charge in [0.25, 0.3) is 0 Å². The monoisotopic (exact) mass is 174 g/mol. The molecule has 0 aliphatic carbocycles. The summed E-state index contributed by atoms with van der Waals surface area (Å²) in [5.41, 5.74) is 2.66. The topological polar surface area (TPSA) is 28.7 Å². The molecule has 0 saturated heterocycles. The summed E-state index contributed by atoms with van der Waals surface area (Å²) >= 11 is 0. The van der Waals surface area contributed by atoms with E-state index < -0.39 is 0 Å². The van der Waals surface area contributed by atoms with Crippen LogP contribution < -0.4 is 0 Å². The van der Waals surface area contributed by atoms with Crippen LogP contribution in [0.5, 0.6) is 0 Å². The Morgan fingerprint density at radius 1 is 1.00 bits per heavy atom. The number of hydrogen-bond donors (Lipinski definition) is 1. The molecule has 0 aliphatic rings. The molecular formula is C11H14N2. The highest BCUT2D eigenvalue weighted by atomic mass is 14.8. The SMILES string of the molecule is Cc1ccc(C)cc1.c1c[nH]cn1. The lowest BCUT2D eigenvalue weighted by Crippen LogP contribution is -1.70. The average molecular weight is 174 g/mol. The van der Waals surface area contributed by atoms with Crippen LogP contribution in [0, 0.1) is 13.8 Å². The van der Waals surface area contributed by atoms with Gasteiger partial charge in [-0.15, -0.1) is 0 Å². The number of nitrogens with one attached hydrogen (secondary N) is 1. The Kier molecular flexibility index (Phi) is 3.76. The zero-order valence-electron chi connectivity index (χ0n) is 7.99. The van der Waals surface area contributed by atoms with E-state index in [0.717, 1.165) is 0 Å². The van der Waals surface area contributed by atoms with Crippen molar-refractivity contribution in [1.82, 2.24) is 9.97 Å². The van der Waals surface area contributed by atoms with Gasteiger partial charge in [-0.3, -0.25) is 0 Å². The summed E-state index contributed by atoms with van der Waals surface area (Å²) in [6, 6.07) is 8.48. The fraction of sp³-hybridized carbons (Fsp3) is 0.182. The molecular weight excluding hydrogens is 160 g/mol. The molecule has 0 radical (unpaired) electrons. The Morgan fingerprint density at radius 3 is 1.77 bits per heavy atom. The summed E-state index contributed by atoms with van der Waals surface area (Å²) < 4.78 is 0. The smallest absolute Gasteiger partial charge is 0.0919 e. The minimum atomic E-state index is 1.33. The molecule has 0 unspecified atom stereocenters. The van der Waals surface area contributed by atoms with Crippen LogP contribution >= 0.6 is 0 Å². The molecule has 1 aromatic carbocycles. The van der Waals surface area contributed by atoms with Gasteiger partial charge in [-0.1, -0.05) is 35.4 Å². The van der Waals surface area contributed by atoms with Gasteiger partial charge in [-0.25, -0.2) is 4.98 Å². The lowest BCUT2D eigenvalue weighted by Gasteiger charge is -1.90. The van der Waals surface area contributed by atoms with E-state index in [0.29, 0.717) is 0 Å². The molecule has 1 N–H and O–H groups in total. The third kappa shape index (κ3) is 4.11. The Hall–Kier alpha value is -1.57. The quantitative estimate of drug-likeness (QED) is 0.653. The second kappa shape index (κ2) is 5.14. The molecule has 0 spiro atoms. The standard InChI is InChI=1S/C8H10.C3H4N2/c1-7-3-5-8(2)6-4-7;1-2-5-3-4-1/h3-6H,1-2H3;1-3H,(H,4,5).